The molecule has 2 heteroatoms. The van der Waals surface area contributed by atoms with Crippen LogP contribution in [0.4, 0.5) is 0 Å². The lowest BCUT2D eigenvalue weighted by Gasteiger charge is -2.20. The molecule has 0 aromatic heterocycles. The van der Waals surface area contributed by atoms with Gasteiger partial charge >= 0.3 is 0 Å². The molecule has 0 bridgehead atoms. The van der Waals surface area contributed by atoms with Crippen LogP contribution in [0.25, 0.3) is 0 Å². The molecule has 2 heterocycles. The van der Waals surface area contributed by atoms with E-state index in [1.165, 1.54) is 25.7 Å². The molecule has 0 amide bonds. The number of hydrogen-bond donors (Lipinski definition) is 0. The number of hydrogen-bond acceptors (Lipinski definition) is 2. The highest BCUT2D eigenvalue weighted by atomic mass is 16.6. The molecule has 2 nitrogen and oxygen atoms in total. The summed E-state index contributed by atoms with van der Waals surface area (Å²) in [5.41, 5.74) is 0. The second-order valence-corrected chi connectivity index (χ2v) is 6.39. The van der Waals surface area contributed by atoms with Crippen LogP contribution >= 0.6 is 0 Å². The zero-order chi connectivity index (χ0) is 9.57. The summed E-state index contributed by atoms with van der Waals surface area (Å²) in [5, 5.41) is 0. The van der Waals surface area contributed by atoms with Gasteiger partial charge in [-0.15, -0.1) is 0 Å². The van der Waals surface area contributed by atoms with Crippen molar-refractivity contribution in [3.63, 3.8) is 0 Å². The molecule has 7 unspecified atom stereocenters. The lowest BCUT2D eigenvalue weighted by atomic mass is 9.86. The Hall–Kier alpha value is -0.0800. The summed E-state index contributed by atoms with van der Waals surface area (Å²) >= 11 is 0. The van der Waals surface area contributed by atoms with E-state index in [2.05, 4.69) is 0 Å². The van der Waals surface area contributed by atoms with E-state index in [9.17, 15) is 0 Å². The Morgan fingerprint density at radius 3 is 2.47 bits per heavy atom. The lowest BCUT2D eigenvalue weighted by molar-refractivity contribution is 0.161. The van der Waals surface area contributed by atoms with Crippen molar-refractivity contribution >= 4 is 0 Å². The summed E-state index contributed by atoms with van der Waals surface area (Å²) in [6.07, 6.45) is 7.85. The van der Waals surface area contributed by atoms with E-state index in [0.29, 0.717) is 18.3 Å². The highest BCUT2D eigenvalue weighted by Gasteiger charge is 2.66. The Bertz CT molecular complexity index is 306. The third-order valence-corrected chi connectivity index (χ3v) is 5.65. The minimum atomic E-state index is 0.629. The van der Waals surface area contributed by atoms with Crippen LogP contribution in [0.5, 0.6) is 0 Å². The molecule has 0 radical (unpaired) electrons. The fourth-order valence-electron chi connectivity index (χ4n) is 4.79. The van der Waals surface area contributed by atoms with Gasteiger partial charge in [-0.05, 0) is 55.3 Å². The summed E-state index contributed by atoms with van der Waals surface area (Å²) in [7, 11) is 0. The summed E-state index contributed by atoms with van der Waals surface area (Å²) in [6.45, 7) is 1.04. The molecule has 15 heavy (non-hydrogen) atoms. The summed E-state index contributed by atoms with van der Waals surface area (Å²) in [6, 6.07) is 0. The normalized spacial score (nSPS) is 65.2. The number of epoxide rings is 2. The van der Waals surface area contributed by atoms with Gasteiger partial charge in [0.15, 0.2) is 0 Å². The van der Waals surface area contributed by atoms with Crippen molar-refractivity contribution in [2.45, 2.75) is 44.0 Å². The first-order valence-electron chi connectivity index (χ1n) is 6.69. The van der Waals surface area contributed by atoms with Crippen LogP contribution in [0.3, 0.4) is 0 Å². The quantitative estimate of drug-likeness (QED) is 0.644. The van der Waals surface area contributed by atoms with Crippen LogP contribution in [-0.4, -0.2) is 24.9 Å². The van der Waals surface area contributed by atoms with Crippen molar-refractivity contribution in [1.82, 2.24) is 0 Å². The standard InChI is InChI=1S/C13H18O2/c1-2-6(1)7-3-9(11-5-14-11)12-8(7)4-10-13(12)15-10/h6-13H,1-5H2. The maximum absolute atomic E-state index is 5.77. The van der Waals surface area contributed by atoms with Gasteiger partial charge in [-0.2, -0.15) is 0 Å². The van der Waals surface area contributed by atoms with Gasteiger partial charge in [-0.25, -0.2) is 0 Å². The van der Waals surface area contributed by atoms with Crippen molar-refractivity contribution in [3.05, 3.63) is 0 Å². The molecule has 5 rings (SSSR count). The van der Waals surface area contributed by atoms with E-state index in [4.69, 9.17) is 9.47 Å². The highest BCUT2D eigenvalue weighted by molar-refractivity contribution is 5.13. The molecular formula is C13H18O2. The van der Waals surface area contributed by atoms with Crippen LogP contribution in [0.2, 0.25) is 0 Å². The molecule has 5 fully saturated rings. The van der Waals surface area contributed by atoms with E-state index >= 15 is 0 Å². The Morgan fingerprint density at radius 1 is 0.867 bits per heavy atom. The van der Waals surface area contributed by atoms with Gasteiger partial charge < -0.3 is 9.47 Å². The van der Waals surface area contributed by atoms with Crippen LogP contribution in [0, 0.1) is 29.6 Å². The SMILES string of the molecule is C1CC1C1CC(C2CO2)C2C1CC1OC12. The lowest BCUT2D eigenvalue weighted by Crippen LogP contribution is -2.21. The molecule has 7 atom stereocenters. The molecular weight excluding hydrogens is 188 g/mol. The topological polar surface area (TPSA) is 25.1 Å². The van der Waals surface area contributed by atoms with Gasteiger partial charge in [0.25, 0.3) is 0 Å². The van der Waals surface area contributed by atoms with Gasteiger partial charge in [-0.1, -0.05) is 0 Å². The van der Waals surface area contributed by atoms with Crippen molar-refractivity contribution in [2.75, 3.05) is 6.61 Å². The second-order valence-electron chi connectivity index (χ2n) is 6.39. The van der Waals surface area contributed by atoms with E-state index in [1.807, 2.05) is 0 Å². The Balaban J connectivity index is 1.48. The molecule has 0 aromatic rings. The monoisotopic (exact) mass is 206 g/mol. The van der Waals surface area contributed by atoms with Crippen molar-refractivity contribution < 1.29 is 9.47 Å². The minimum absolute atomic E-state index is 0.629. The van der Waals surface area contributed by atoms with Crippen LogP contribution < -0.4 is 0 Å². The van der Waals surface area contributed by atoms with Crippen LogP contribution in [0.15, 0.2) is 0 Å². The van der Waals surface area contributed by atoms with Crippen molar-refractivity contribution in [1.29, 1.82) is 0 Å². The van der Waals surface area contributed by atoms with Crippen molar-refractivity contribution in [3.8, 4) is 0 Å². The second kappa shape index (κ2) is 2.43. The third kappa shape index (κ3) is 1.03. The first kappa shape index (κ1) is 8.08. The molecule has 5 aliphatic rings. The zero-order valence-corrected chi connectivity index (χ0v) is 8.97. The van der Waals surface area contributed by atoms with Gasteiger partial charge in [0.1, 0.15) is 0 Å². The fraction of sp³-hybridized carbons (Fsp3) is 1.00. The first-order chi connectivity index (χ1) is 7.42. The average molecular weight is 206 g/mol. The average Bonchev–Trinajstić information content (AvgIpc) is 3.07. The molecule has 0 aromatic carbocycles. The van der Waals surface area contributed by atoms with Crippen LogP contribution in [-0.2, 0) is 9.47 Å². The Labute approximate surface area is 90.3 Å². The van der Waals surface area contributed by atoms with E-state index in [-0.39, 0.29) is 0 Å². The Kier molecular flexibility index (Phi) is 1.31. The summed E-state index contributed by atoms with van der Waals surface area (Å²) in [4.78, 5) is 0. The summed E-state index contributed by atoms with van der Waals surface area (Å²) < 4.78 is 11.3. The zero-order valence-electron chi connectivity index (χ0n) is 8.97. The predicted octanol–water partition coefficient (Wildman–Crippen LogP) is 1.83. The smallest absolute Gasteiger partial charge is 0.0876 e. The first-order valence-corrected chi connectivity index (χ1v) is 6.69. The van der Waals surface area contributed by atoms with E-state index in [1.54, 1.807) is 0 Å². The fourth-order valence-corrected chi connectivity index (χ4v) is 4.79. The molecule has 0 N–H and O–H groups in total. The largest absolute Gasteiger partial charge is 0.373 e. The maximum Gasteiger partial charge on any atom is 0.0876 e. The molecule has 2 saturated heterocycles. The van der Waals surface area contributed by atoms with Gasteiger partial charge in [0.05, 0.1) is 24.9 Å². The number of fused-ring (bicyclic) bond motifs is 3. The third-order valence-electron chi connectivity index (χ3n) is 5.65. The van der Waals surface area contributed by atoms with Gasteiger partial charge in [-0.3, -0.25) is 0 Å². The Morgan fingerprint density at radius 2 is 1.73 bits per heavy atom. The summed E-state index contributed by atoms with van der Waals surface area (Å²) in [5.74, 6) is 4.95. The molecule has 3 aliphatic carbocycles. The maximum atomic E-state index is 5.77. The van der Waals surface area contributed by atoms with Gasteiger partial charge in [0, 0.05) is 0 Å². The predicted molar refractivity (Wildman–Crippen MR) is 54.3 cm³/mol. The highest BCUT2D eigenvalue weighted by Crippen LogP contribution is 2.64. The number of ether oxygens (including phenoxy) is 2. The van der Waals surface area contributed by atoms with E-state index < -0.39 is 0 Å². The van der Waals surface area contributed by atoms with Crippen molar-refractivity contribution in [2.24, 2.45) is 29.6 Å². The number of rotatable bonds is 2. The minimum Gasteiger partial charge on any atom is -0.373 e. The van der Waals surface area contributed by atoms with Crippen LogP contribution in [0.1, 0.15) is 25.7 Å². The van der Waals surface area contributed by atoms with E-state index in [0.717, 1.165) is 36.2 Å². The molecule has 0 spiro atoms. The van der Waals surface area contributed by atoms with Gasteiger partial charge in [0.2, 0.25) is 0 Å². The molecule has 3 saturated carbocycles. The molecule has 82 valence electrons. The molecule has 2 aliphatic heterocycles.